The van der Waals surface area contributed by atoms with Crippen LogP contribution < -0.4 is 10.5 Å². The molecule has 0 fully saturated rings. The maximum atomic E-state index is 14.1. The number of nitrogens with zero attached hydrogens (tertiary/aromatic N) is 1. The van der Waals surface area contributed by atoms with E-state index in [9.17, 15) is 4.39 Å². The molecule has 0 aliphatic rings. The molecule has 1 aromatic heterocycles. The summed E-state index contributed by atoms with van der Waals surface area (Å²) in [5, 5.41) is 0.663. The Morgan fingerprint density at radius 2 is 1.95 bits per heavy atom. The topological polar surface area (TPSA) is 48.1 Å². The second-order valence-electron chi connectivity index (χ2n) is 4.21. The molecule has 1 heterocycles. The van der Waals surface area contributed by atoms with Crippen molar-refractivity contribution in [1.29, 1.82) is 0 Å². The van der Waals surface area contributed by atoms with Gasteiger partial charge in [0.2, 0.25) is 0 Å². The van der Waals surface area contributed by atoms with Crippen molar-refractivity contribution in [3.63, 3.8) is 0 Å². The van der Waals surface area contributed by atoms with Crippen molar-refractivity contribution in [2.24, 2.45) is 0 Å². The lowest BCUT2D eigenvalue weighted by Crippen LogP contribution is -1.96. The molecule has 0 radical (unpaired) electrons. The summed E-state index contributed by atoms with van der Waals surface area (Å²) in [5.41, 5.74) is 6.55. The third kappa shape index (κ3) is 2.20. The summed E-state index contributed by atoms with van der Waals surface area (Å²) in [7, 11) is 0. The summed E-state index contributed by atoms with van der Waals surface area (Å²) in [6.07, 6.45) is 1.58. The molecule has 0 spiro atoms. The highest BCUT2D eigenvalue weighted by atomic mass is 79.9. The second kappa shape index (κ2) is 5.09. The van der Waals surface area contributed by atoms with Gasteiger partial charge in [0.15, 0.2) is 11.6 Å². The van der Waals surface area contributed by atoms with Crippen LogP contribution in [-0.2, 0) is 0 Å². The Hall–Kier alpha value is -2.14. The van der Waals surface area contributed by atoms with Crippen LogP contribution in [0.3, 0.4) is 0 Å². The fourth-order valence-electron chi connectivity index (χ4n) is 1.95. The Labute approximate surface area is 123 Å². The Kier molecular flexibility index (Phi) is 3.28. The number of nitrogens with two attached hydrogens (primary N) is 1. The molecule has 0 aliphatic heterocycles. The second-order valence-corrected chi connectivity index (χ2v) is 5.06. The lowest BCUT2D eigenvalue weighted by Gasteiger charge is -2.12. The van der Waals surface area contributed by atoms with Crippen LogP contribution in [0.25, 0.3) is 10.9 Å². The number of aromatic nitrogens is 1. The van der Waals surface area contributed by atoms with E-state index in [4.69, 9.17) is 10.5 Å². The number of fused-ring (bicyclic) bond motifs is 1. The van der Waals surface area contributed by atoms with Crippen LogP contribution in [-0.4, -0.2) is 4.98 Å². The molecule has 5 heteroatoms. The van der Waals surface area contributed by atoms with E-state index in [1.54, 1.807) is 24.4 Å². The average molecular weight is 333 g/mol. The van der Waals surface area contributed by atoms with Gasteiger partial charge in [-0.15, -0.1) is 0 Å². The molecule has 0 bridgehead atoms. The predicted octanol–water partition coefficient (Wildman–Crippen LogP) is 4.51. The van der Waals surface area contributed by atoms with Crippen LogP contribution in [0.1, 0.15) is 0 Å². The first-order valence-corrected chi connectivity index (χ1v) is 6.71. The molecule has 0 aliphatic carbocycles. The first-order valence-electron chi connectivity index (χ1n) is 5.92. The zero-order chi connectivity index (χ0) is 14.1. The first-order chi connectivity index (χ1) is 9.66. The average Bonchev–Trinajstić information content (AvgIpc) is 2.45. The van der Waals surface area contributed by atoms with Gasteiger partial charge in [0, 0.05) is 23.3 Å². The lowest BCUT2D eigenvalue weighted by atomic mass is 10.1. The summed E-state index contributed by atoms with van der Waals surface area (Å²) >= 11 is 3.36. The van der Waals surface area contributed by atoms with Crippen LogP contribution in [0.5, 0.6) is 11.5 Å². The summed E-state index contributed by atoms with van der Waals surface area (Å²) in [6.45, 7) is 0. The van der Waals surface area contributed by atoms with E-state index in [0.29, 0.717) is 22.3 Å². The Morgan fingerprint density at radius 1 is 1.15 bits per heavy atom. The van der Waals surface area contributed by atoms with Gasteiger partial charge in [-0.05, 0) is 40.2 Å². The smallest absolute Gasteiger partial charge is 0.189 e. The molecule has 0 saturated carbocycles. The zero-order valence-electron chi connectivity index (χ0n) is 10.3. The summed E-state index contributed by atoms with van der Waals surface area (Å²) in [4.78, 5) is 4.17. The van der Waals surface area contributed by atoms with Crippen molar-refractivity contribution >= 4 is 32.5 Å². The van der Waals surface area contributed by atoms with Crippen LogP contribution in [0.2, 0.25) is 0 Å². The molecule has 0 unspecified atom stereocenters. The van der Waals surface area contributed by atoms with Gasteiger partial charge in [0.05, 0.1) is 4.47 Å². The Morgan fingerprint density at radius 3 is 2.75 bits per heavy atom. The predicted molar refractivity (Wildman–Crippen MR) is 80.3 cm³/mol. The molecular formula is C15H10BrFN2O. The molecule has 0 saturated heterocycles. The molecule has 100 valence electrons. The fourth-order valence-corrected chi connectivity index (χ4v) is 2.31. The van der Waals surface area contributed by atoms with Crippen molar-refractivity contribution in [2.45, 2.75) is 0 Å². The number of hydrogen-bond acceptors (Lipinski definition) is 3. The zero-order valence-corrected chi connectivity index (χ0v) is 11.9. The number of halogens is 2. The van der Waals surface area contributed by atoms with E-state index in [2.05, 4.69) is 20.9 Å². The lowest BCUT2D eigenvalue weighted by molar-refractivity contribution is 0.445. The number of nitrogen functional groups attached to an aromatic ring is 1. The van der Waals surface area contributed by atoms with Gasteiger partial charge in [0.1, 0.15) is 11.3 Å². The van der Waals surface area contributed by atoms with Gasteiger partial charge in [-0.3, -0.25) is 4.98 Å². The molecule has 0 amide bonds. The third-order valence-electron chi connectivity index (χ3n) is 2.88. The number of benzene rings is 2. The maximum absolute atomic E-state index is 14.1. The highest BCUT2D eigenvalue weighted by molar-refractivity contribution is 9.10. The van der Waals surface area contributed by atoms with E-state index < -0.39 is 5.82 Å². The van der Waals surface area contributed by atoms with Gasteiger partial charge in [-0.25, -0.2) is 4.39 Å². The van der Waals surface area contributed by atoms with Gasteiger partial charge in [0.25, 0.3) is 0 Å². The standard InChI is InChI=1S/C15H10BrFN2O/c16-10-5-1-2-6-13(10)20-15-11(17)8-12(18)9-4-3-7-19-14(9)15/h1-8H,18H2. The number of ether oxygens (including phenoxy) is 1. The van der Waals surface area contributed by atoms with Gasteiger partial charge < -0.3 is 10.5 Å². The summed E-state index contributed by atoms with van der Waals surface area (Å²) < 4.78 is 20.5. The van der Waals surface area contributed by atoms with Crippen molar-refractivity contribution in [2.75, 3.05) is 5.73 Å². The quantitative estimate of drug-likeness (QED) is 0.702. The van der Waals surface area contributed by atoms with Gasteiger partial charge >= 0.3 is 0 Å². The molecule has 20 heavy (non-hydrogen) atoms. The fraction of sp³-hybridized carbons (Fsp3) is 0. The molecule has 3 rings (SSSR count). The normalized spacial score (nSPS) is 10.7. The van der Waals surface area contributed by atoms with E-state index in [1.165, 1.54) is 6.07 Å². The number of rotatable bonds is 2. The summed E-state index contributed by atoms with van der Waals surface area (Å²) in [5.74, 6) is 0.0503. The van der Waals surface area contributed by atoms with Crippen LogP contribution in [0.15, 0.2) is 53.1 Å². The van der Waals surface area contributed by atoms with Crippen molar-refractivity contribution in [3.8, 4) is 11.5 Å². The number of anilines is 1. The SMILES string of the molecule is Nc1cc(F)c(Oc2ccccc2Br)c2ncccc12. The highest BCUT2D eigenvalue weighted by Crippen LogP contribution is 2.36. The van der Waals surface area contributed by atoms with E-state index >= 15 is 0 Å². The van der Waals surface area contributed by atoms with Crippen LogP contribution >= 0.6 is 15.9 Å². The molecule has 2 N–H and O–H groups in total. The minimum Gasteiger partial charge on any atom is -0.451 e. The van der Waals surface area contributed by atoms with E-state index in [0.717, 1.165) is 4.47 Å². The van der Waals surface area contributed by atoms with Crippen molar-refractivity contribution in [3.05, 3.63) is 59.0 Å². The largest absolute Gasteiger partial charge is 0.451 e. The molecule has 3 aromatic rings. The van der Waals surface area contributed by atoms with Gasteiger partial charge in [-0.1, -0.05) is 12.1 Å². The van der Waals surface area contributed by atoms with E-state index in [1.807, 2.05) is 18.2 Å². The minimum absolute atomic E-state index is 0.0710. The monoisotopic (exact) mass is 332 g/mol. The van der Waals surface area contributed by atoms with Crippen LogP contribution in [0.4, 0.5) is 10.1 Å². The Balaban J connectivity index is 2.19. The van der Waals surface area contributed by atoms with E-state index in [-0.39, 0.29) is 5.75 Å². The molecule has 3 nitrogen and oxygen atoms in total. The van der Waals surface area contributed by atoms with Crippen LogP contribution in [0, 0.1) is 5.82 Å². The maximum Gasteiger partial charge on any atom is 0.189 e. The molecule has 0 atom stereocenters. The summed E-state index contributed by atoms with van der Waals surface area (Å²) in [6, 6.07) is 12.0. The molecule has 2 aromatic carbocycles. The number of pyridine rings is 1. The minimum atomic E-state index is -0.538. The third-order valence-corrected chi connectivity index (χ3v) is 3.54. The Bertz CT molecular complexity index is 792. The highest BCUT2D eigenvalue weighted by Gasteiger charge is 2.15. The first kappa shape index (κ1) is 12.9. The van der Waals surface area contributed by atoms with Gasteiger partial charge in [-0.2, -0.15) is 0 Å². The molecular weight excluding hydrogens is 323 g/mol. The number of hydrogen-bond donors (Lipinski definition) is 1. The van der Waals surface area contributed by atoms with Crippen molar-refractivity contribution < 1.29 is 9.13 Å². The number of para-hydroxylation sites is 1. The van der Waals surface area contributed by atoms with Crippen molar-refractivity contribution in [1.82, 2.24) is 4.98 Å².